The lowest BCUT2D eigenvalue weighted by molar-refractivity contribution is -0.175. The number of rotatable bonds is 2. The zero-order chi connectivity index (χ0) is 11.3. The molecule has 0 aromatic rings. The highest BCUT2D eigenvalue weighted by Gasteiger charge is 2.39. The fourth-order valence-electron chi connectivity index (χ4n) is 1.07. The van der Waals surface area contributed by atoms with Crippen LogP contribution >= 0.6 is 0 Å². The first kappa shape index (κ1) is 11.9. The smallest absolute Gasteiger partial charge is 0.338 e. The summed E-state index contributed by atoms with van der Waals surface area (Å²) in [5, 5.41) is 0. The molecule has 86 valence electrons. The zero-order valence-corrected chi connectivity index (χ0v) is 8.43. The van der Waals surface area contributed by atoms with Gasteiger partial charge in [0.05, 0.1) is 14.2 Å². The Bertz CT molecular complexity index is 215. The molecule has 0 radical (unpaired) electrons. The van der Waals surface area contributed by atoms with E-state index in [4.69, 9.17) is 14.2 Å². The van der Waals surface area contributed by atoms with E-state index in [1.165, 1.54) is 14.2 Å². The fourth-order valence-corrected chi connectivity index (χ4v) is 1.07. The second-order valence-electron chi connectivity index (χ2n) is 2.66. The topological polar surface area (TPSA) is 80.3 Å². The fraction of sp³-hybridized carbons (Fsp3) is 0.750. The molecular formula is C8H12O7. The van der Waals surface area contributed by atoms with Crippen LogP contribution in [0.1, 0.15) is 0 Å². The predicted octanol–water partition coefficient (Wildman–Crippen LogP) is -0.952. The molecule has 1 saturated heterocycles. The maximum absolute atomic E-state index is 11.3. The van der Waals surface area contributed by atoms with Gasteiger partial charge in [-0.3, -0.25) is 0 Å². The van der Waals surface area contributed by atoms with Crippen LogP contribution < -0.4 is 0 Å². The lowest BCUT2D eigenvalue weighted by Gasteiger charge is -2.18. The maximum Gasteiger partial charge on any atom is 0.338 e. The predicted molar refractivity (Wildman–Crippen MR) is 44.6 cm³/mol. The molecule has 1 fully saturated rings. The Kier molecular flexibility index (Phi) is 4.47. The molecule has 15 heavy (non-hydrogen) atoms. The standard InChI is InChI=1S/C8H12O7/c1-11-7(9)5-6(8(10)12-2)15-4-13-3-14-5/h5-6H,3-4H2,1-2H3/t5-,6-/m1/s1. The van der Waals surface area contributed by atoms with Gasteiger partial charge in [0.25, 0.3) is 0 Å². The van der Waals surface area contributed by atoms with Gasteiger partial charge in [0.1, 0.15) is 0 Å². The van der Waals surface area contributed by atoms with Crippen LogP contribution in [-0.4, -0.2) is 52.0 Å². The van der Waals surface area contributed by atoms with Crippen LogP contribution in [0.25, 0.3) is 0 Å². The third kappa shape index (κ3) is 2.88. The van der Waals surface area contributed by atoms with Gasteiger partial charge in [-0.1, -0.05) is 0 Å². The van der Waals surface area contributed by atoms with Crippen LogP contribution in [0.4, 0.5) is 0 Å². The SMILES string of the molecule is COC(=O)[C@@H]1OCOCO[C@H]1C(=O)OC. The minimum atomic E-state index is -1.16. The van der Waals surface area contributed by atoms with E-state index in [1.807, 2.05) is 0 Å². The van der Waals surface area contributed by atoms with Gasteiger partial charge in [-0.2, -0.15) is 0 Å². The van der Waals surface area contributed by atoms with Crippen LogP contribution in [-0.2, 0) is 33.3 Å². The summed E-state index contributed by atoms with van der Waals surface area (Å²) >= 11 is 0. The summed E-state index contributed by atoms with van der Waals surface area (Å²) in [5.41, 5.74) is 0. The lowest BCUT2D eigenvalue weighted by atomic mass is 10.2. The molecule has 1 aliphatic rings. The van der Waals surface area contributed by atoms with Gasteiger partial charge < -0.3 is 23.7 Å². The Morgan fingerprint density at radius 3 is 1.73 bits per heavy atom. The number of esters is 2. The van der Waals surface area contributed by atoms with Crippen molar-refractivity contribution >= 4 is 11.9 Å². The van der Waals surface area contributed by atoms with Gasteiger partial charge in [-0.25, -0.2) is 9.59 Å². The molecule has 0 N–H and O–H groups in total. The van der Waals surface area contributed by atoms with E-state index in [1.54, 1.807) is 0 Å². The van der Waals surface area contributed by atoms with Crippen molar-refractivity contribution in [2.75, 3.05) is 27.8 Å². The third-order valence-corrected chi connectivity index (χ3v) is 1.80. The molecule has 1 heterocycles. The first-order chi connectivity index (χ1) is 7.20. The minimum absolute atomic E-state index is 0.146. The molecule has 0 saturated carbocycles. The molecule has 1 aliphatic heterocycles. The van der Waals surface area contributed by atoms with Gasteiger partial charge in [-0.05, 0) is 0 Å². The van der Waals surface area contributed by atoms with Gasteiger partial charge in [-0.15, -0.1) is 0 Å². The minimum Gasteiger partial charge on any atom is -0.467 e. The van der Waals surface area contributed by atoms with Crippen molar-refractivity contribution in [2.45, 2.75) is 12.2 Å². The first-order valence-electron chi connectivity index (χ1n) is 4.17. The molecule has 0 aromatic carbocycles. The Labute approximate surface area is 86.2 Å². The second kappa shape index (κ2) is 5.64. The highest BCUT2D eigenvalue weighted by atomic mass is 16.8. The quantitative estimate of drug-likeness (QED) is 0.555. The number of carbonyl (C=O) groups excluding carboxylic acids is 2. The number of carbonyl (C=O) groups is 2. The van der Waals surface area contributed by atoms with Crippen molar-refractivity contribution in [1.29, 1.82) is 0 Å². The van der Waals surface area contributed by atoms with Crippen molar-refractivity contribution in [2.24, 2.45) is 0 Å². The Morgan fingerprint density at radius 1 is 1.00 bits per heavy atom. The Balaban J connectivity index is 2.75. The Morgan fingerprint density at radius 2 is 1.40 bits per heavy atom. The summed E-state index contributed by atoms with van der Waals surface area (Å²) in [7, 11) is 2.37. The summed E-state index contributed by atoms with van der Waals surface area (Å²) in [6.07, 6.45) is -2.32. The van der Waals surface area contributed by atoms with Gasteiger partial charge >= 0.3 is 11.9 Å². The normalized spacial score (nSPS) is 26.5. The average molecular weight is 220 g/mol. The largest absolute Gasteiger partial charge is 0.467 e. The molecule has 1 rings (SSSR count). The number of hydrogen-bond acceptors (Lipinski definition) is 7. The Hall–Kier alpha value is -1.18. The summed E-state index contributed by atoms with van der Waals surface area (Å²) in [6.45, 7) is -0.291. The van der Waals surface area contributed by atoms with Crippen molar-refractivity contribution in [1.82, 2.24) is 0 Å². The molecule has 0 aromatic heterocycles. The summed E-state index contributed by atoms with van der Waals surface area (Å²) < 4.78 is 23.6. The summed E-state index contributed by atoms with van der Waals surface area (Å²) in [6, 6.07) is 0. The molecule has 0 bridgehead atoms. The number of methoxy groups -OCH3 is 2. The van der Waals surface area contributed by atoms with E-state index < -0.39 is 24.1 Å². The van der Waals surface area contributed by atoms with Gasteiger partial charge in [0.2, 0.25) is 0 Å². The van der Waals surface area contributed by atoms with E-state index in [0.29, 0.717) is 0 Å². The number of hydrogen-bond donors (Lipinski definition) is 0. The number of ether oxygens (including phenoxy) is 5. The summed E-state index contributed by atoms with van der Waals surface area (Å²) in [5.74, 6) is -1.42. The van der Waals surface area contributed by atoms with Crippen LogP contribution in [0.15, 0.2) is 0 Å². The first-order valence-corrected chi connectivity index (χ1v) is 4.17. The van der Waals surface area contributed by atoms with Crippen LogP contribution in [0.2, 0.25) is 0 Å². The molecule has 0 amide bonds. The second-order valence-corrected chi connectivity index (χ2v) is 2.66. The molecular weight excluding hydrogens is 208 g/mol. The highest BCUT2D eigenvalue weighted by Crippen LogP contribution is 2.12. The van der Waals surface area contributed by atoms with E-state index in [9.17, 15) is 9.59 Å². The highest BCUT2D eigenvalue weighted by molar-refractivity contribution is 5.85. The van der Waals surface area contributed by atoms with Crippen molar-refractivity contribution < 1.29 is 33.3 Å². The van der Waals surface area contributed by atoms with Crippen molar-refractivity contribution in [3.8, 4) is 0 Å². The van der Waals surface area contributed by atoms with E-state index in [0.717, 1.165) is 0 Å². The molecule has 7 nitrogen and oxygen atoms in total. The monoisotopic (exact) mass is 220 g/mol. The van der Waals surface area contributed by atoms with Crippen molar-refractivity contribution in [3.05, 3.63) is 0 Å². The average Bonchev–Trinajstić information content (AvgIpc) is 2.52. The molecule has 0 unspecified atom stereocenters. The van der Waals surface area contributed by atoms with E-state index >= 15 is 0 Å². The lowest BCUT2D eigenvalue weighted by Crippen LogP contribution is -2.43. The van der Waals surface area contributed by atoms with Crippen LogP contribution in [0.3, 0.4) is 0 Å². The van der Waals surface area contributed by atoms with Crippen LogP contribution in [0, 0.1) is 0 Å². The summed E-state index contributed by atoms with van der Waals surface area (Å²) in [4.78, 5) is 22.5. The zero-order valence-electron chi connectivity index (χ0n) is 8.43. The van der Waals surface area contributed by atoms with Gasteiger partial charge in [0, 0.05) is 0 Å². The van der Waals surface area contributed by atoms with Crippen molar-refractivity contribution in [3.63, 3.8) is 0 Å². The maximum atomic E-state index is 11.3. The van der Waals surface area contributed by atoms with E-state index in [2.05, 4.69) is 9.47 Å². The molecule has 7 heteroatoms. The third-order valence-electron chi connectivity index (χ3n) is 1.80. The molecule has 2 atom stereocenters. The molecule has 0 aliphatic carbocycles. The van der Waals surface area contributed by atoms with Gasteiger partial charge in [0.15, 0.2) is 25.8 Å². The van der Waals surface area contributed by atoms with Crippen LogP contribution in [0.5, 0.6) is 0 Å². The molecule has 0 spiro atoms. The van der Waals surface area contributed by atoms with E-state index in [-0.39, 0.29) is 13.6 Å².